The number of nitrogens with one attached hydrogen (secondary N) is 2. The third kappa shape index (κ3) is 4.82. The number of nitrogens with two attached hydrogens (primary N) is 1. The lowest BCUT2D eigenvalue weighted by Gasteiger charge is -2.12. The van der Waals surface area contributed by atoms with Crippen LogP contribution in [-0.4, -0.2) is 22.4 Å². The number of carbonyl (C=O) groups excluding carboxylic acids is 1. The minimum atomic E-state index is -0.423. The quantitative estimate of drug-likeness (QED) is 0.378. The number of hydrogen-bond acceptors (Lipinski definition) is 7. The van der Waals surface area contributed by atoms with Gasteiger partial charge in [-0.2, -0.15) is 0 Å². The number of rotatable bonds is 7. The van der Waals surface area contributed by atoms with Gasteiger partial charge in [0.05, 0.1) is 10.6 Å². The first kappa shape index (κ1) is 20.6. The Balaban J connectivity index is 2.21. The summed E-state index contributed by atoms with van der Waals surface area (Å²) in [7, 11) is 0. The number of amides is 1. The van der Waals surface area contributed by atoms with E-state index in [2.05, 4.69) is 15.6 Å². The number of pyridine rings is 1. The highest BCUT2D eigenvalue weighted by atomic mass is 35.5. The fourth-order valence-corrected chi connectivity index (χ4v) is 4.10. The Morgan fingerprint density at radius 3 is 2.66 bits per heavy atom. The van der Waals surface area contributed by atoms with Gasteiger partial charge in [-0.15, -0.1) is 11.3 Å². The van der Waals surface area contributed by atoms with Gasteiger partial charge in [-0.3, -0.25) is 14.9 Å². The van der Waals surface area contributed by atoms with Crippen LogP contribution in [0, 0.1) is 10.1 Å². The van der Waals surface area contributed by atoms with E-state index in [-0.39, 0.29) is 11.7 Å². The van der Waals surface area contributed by atoms with Crippen LogP contribution in [0.4, 0.5) is 17.2 Å². The van der Waals surface area contributed by atoms with E-state index in [0.717, 1.165) is 11.3 Å². The highest BCUT2D eigenvalue weighted by molar-refractivity contribution is 7.15. The Morgan fingerprint density at radius 1 is 1.31 bits per heavy atom. The molecular formula is C19H18ClN5O3S. The number of benzene rings is 1. The van der Waals surface area contributed by atoms with Gasteiger partial charge in [0.25, 0.3) is 5.91 Å². The monoisotopic (exact) mass is 431 g/mol. The standard InChI is InChI=1S/C19H18ClN5O3S/c1-2-22-19(26)18-17(24-13-5-3-12(20)4-6-13)16(14(29-18)10-25(27)28)11-7-8-23-15(21)9-11/h3-9,24H,2,10H2,1H3,(H2,21,23)(H,22,26). The van der Waals surface area contributed by atoms with Crippen molar-refractivity contribution in [2.45, 2.75) is 13.5 Å². The van der Waals surface area contributed by atoms with E-state index in [1.54, 1.807) is 43.3 Å². The topological polar surface area (TPSA) is 123 Å². The minimum Gasteiger partial charge on any atom is -0.384 e. The van der Waals surface area contributed by atoms with Crippen molar-refractivity contribution >= 4 is 46.0 Å². The number of anilines is 3. The van der Waals surface area contributed by atoms with Gasteiger partial charge in [-0.1, -0.05) is 11.6 Å². The van der Waals surface area contributed by atoms with Gasteiger partial charge in [0.15, 0.2) is 0 Å². The zero-order chi connectivity index (χ0) is 21.0. The van der Waals surface area contributed by atoms with Gasteiger partial charge in [0.2, 0.25) is 6.54 Å². The second-order valence-electron chi connectivity index (χ2n) is 6.06. The molecule has 0 aliphatic heterocycles. The van der Waals surface area contributed by atoms with Gasteiger partial charge in [-0.05, 0) is 48.9 Å². The van der Waals surface area contributed by atoms with Crippen LogP contribution in [0.5, 0.6) is 0 Å². The number of nitrogen functional groups attached to an aromatic ring is 1. The first-order chi connectivity index (χ1) is 13.9. The van der Waals surface area contributed by atoms with E-state index in [1.807, 2.05) is 0 Å². The van der Waals surface area contributed by atoms with Gasteiger partial charge >= 0.3 is 0 Å². The predicted octanol–water partition coefficient (Wildman–Crippen LogP) is 4.32. The number of hydrogen-bond donors (Lipinski definition) is 3. The van der Waals surface area contributed by atoms with E-state index in [4.69, 9.17) is 17.3 Å². The summed E-state index contributed by atoms with van der Waals surface area (Å²) in [5, 5.41) is 17.8. The lowest BCUT2D eigenvalue weighted by atomic mass is 10.0. The molecule has 0 saturated heterocycles. The molecule has 2 aromatic heterocycles. The molecule has 29 heavy (non-hydrogen) atoms. The molecule has 0 atom stereocenters. The zero-order valence-electron chi connectivity index (χ0n) is 15.4. The summed E-state index contributed by atoms with van der Waals surface area (Å²) in [6, 6.07) is 10.3. The van der Waals surface area contributed by atoms with Crippen molar-refractivity contribution in [3.63, 3.8) is 0 Å². The molecule has 1 amide bonds. The number of carbonyl (C=O) groups is 1. The molecular weight excluding hydrogens is 414 g/mol. The van der Waals surface area contributed by atoms with Gasteiger partial charge in [-0.25, -0.2) is 4.98 Å². The second-order valence-corrected chi connectivity index (χ2v) is 7.60. The van der Waals surface area contributed by atoms with Crippen LogP contribution < -0.4 is 16.4 Å². The predicted molar refractivity (Wildman–Crippen MR) is 115 cm³/mol. The van der Waals surface area contributed by atoms with Gasteiger partial charge < -0.3 is 16.4 Å². The fraction of sp³-hybridized carbons (Fsp3) is 0.158. The Hall–Kier alpha value is -3.17. The molecule has 0 radical (unpaired) electrons. The number of halogens is 1. The molecule has 3 aromatic rings. The van der Waals surface area contributed by atoms with Crippen molar-refractivity contribution in [3.8, 4) is 11.1 Å². The Bertz CT molecular complexity index is 1050. The third-order valence-corrected chi connectivity index (χ3v) is 5.41. The maximum Gasteiger partial charge on any atom is 0.263 e. The molecule has 0 bridgehead atoms. The second kappa shape index (κ2) is 8.89. The van der Waals surface area contributed by atoms with Crippen LogP contribution in [0.1, 0.15) is 21.5 Å². The Morgan fingerprint density at radius 2 is 2.03 bits per heavy atom. The maximum absolute atomic E-state index is 12.7. The van der Waals surface area contributed by atoms with Crippen LogP contribution in [0.3, 0.4) is 0 Å². The largest absolute Gasteiger partial charge is 0.384 e. The molecule has 8 nitrogen and oxygen atoms in total. The van der Waals surface area contributed by atoms with Crippen LogP contribution in [0.2, 0.25) is 5.02 Å². The number of nitrogens with zero attached hydrogens (tertiary/aromatic N) is 2. The molecule has 0 unspecified atom stereocenters. The molecule has 0 spiro atoms. The van der Waals surface area contributed by atoms with E-state index >= 15 is 0 Å². The summed E-state index contributed by atoms with van der Waals surface area (Å²) >= 11 is 7.04. The van der Waals surface area contributed by atoms with Crippen LogP contribution in [0.15, 0.2) is 42.6 Å². The molecule has 3 rings (SSSR count). The van der Waals surface area contributed by atoms with Crippen molar-refractivity contribution in [2.75, 3.05) is 17.6 Å². The molecule has 4 N–H and O–H groups in total. The SMILES string of the molecule is CCNC(=O)c1sc(C[N+](=O)[O-])c(-c2ccnc(N)c2)c1Nc1ccc(Cl)cc1. The van der Waals surface area contributed by atoms with Crippen molar-refractivity contribution in [2.24, 2.45) is 0 Å². The molecule has 0 aliphatic rings. The summed E-state index contributed by atoms with van der Waals surface area (Å²) in [4.78, 5) is 28.3. The summed E-state index contributed by atoms with van der Waals surface area (Å²) in [5.74, 6) is -0.0374. The molecule has 0 fully saturated rings. The van der Waals surface area contributed by atoms with Crippen LogP contribution in [0.25, 0.3) is 11.1 Å². The minimum absolute atomic E-state index is 0.276. The molecule has 2 heterocycles. The highest BCUT2D eigenvalue weighted by Gasteiger charge is 2.26. The third-order valence-electron chi connectivity index (χ3n) is 3.98. The van der Waals surface area contributed by atoms with E-state index in [0.29, 0.717) is 43.8 Å². The lowest BCUT2D eigenvalue weighted by molar-refractivity contribution is -0.496. The molecule has 1 aromatic carbocycles. The van der Waals surface area contributed by atoms with E-state index in [1.165, 1.54) is 6.20 Å². The van der Waals surface area contributed by atoms with Gasteiger partial charge in [0.1, 0.15) is 10.7 Å². The summed E-state index contributed by atoms with van der Waals surface area (Å²) in [5.41, 5.74) is 8.18. The number of nitro groups is 1. The molecule has 10 heteroatoms. The molecule has 0 saturated carbocycles. The normalized spacial score (nSPS) is 10.6. The van der Waals surface area contributed by atoms with Crippen molar-refractivity contribution < 1.29 is 9.72 Å². The summed E-state index contributed by atoms with van der Waals surface area (Å²) < 4.78 is 0. The summed E-state index contributed by atoms with van der Waals surface area (Å²) in [6.45, 7) is 1.82. The number of aromatic nitrogens is 1. The maximum atomic E-state index is 12.7. The van der Waals surface area contributed by atoms with Gasteiger partial charge in [0, 0.05) is 33.9 Å². The Kier molecular flexibility index (Phi) is 6.30. The smallest absolute Gasteiger partial charge is 0.263 e. The van der Waals surface area contributed by atoms with Crippen molar-refractivity contribution in [1.29, 1.82) is 0 Å². The van der Waals surface area contributed by atoms with Crippen LogP contribution >= 0.6 is 22.9 Å². The molecule has 150 valence electrons. The average Bonchev–Trinajstić information content (AvgIpc) is 3.01. The van der Waals surface area contributed by atoms with E-state index < -0.39 is 11.5 Å². The number of thiophene rings is 1. The zero-order valence-corrected chi connectivity index (χ0v) is 17.0. The fourth-order valence-electron chi connectivity index (χ4n) is 2.81. The van der Waals surface area contributed by atoms with Crippen molar-refractivity contribution in [3.05, 3.63) is 67.5 Å². The highest BCUT2D eigenvalue weighted by Crippen LogP contribution is 2.43. The van der Waals surface area contributed by atoms with E-state index in [9.17, 15) is 14.9 Å². The first-order valence-corrected chi connectivity index (χ1v) is 9.88. The Labute approximate surface area is 175 Å². The molecule has 0 aliphatic carbocycles. The lowest BCUT2D eigenvalue weighted by Crippen LogP contribution is -2.22. The average molecular weight is 432 g/mol. The van der Waals surface area contributed by atoms with Crippen molar-refractivity contribution in [1.82, 2.24) is 10.3 Å². The first-order valence-electron chi connectivity index (χ1n) is 8.69. The summed E-state index contributed by atoms with van der Waals surface area (Å²) in [6.07, 6.45) is 1.52. The van der Waals surface area contributed by atoms with Crippen LogP contribution in [-0.2, 0) is 6.54 Å².